The van der Waals surface area contributed by atoms with E-state index in [1.807, 2.05) is 48.5 Å². The van der Waals surface area contributed by atoms with Gasteiger partial charge in [0.25, 0.3) is 0 Å². The molecular formula is C18H17BClF4NO2. The first-order chi connectivity index (χ1) is 12.6. The summed E-state index contributed by atoms with van der Waals surface area (Å²) in [7, 11) is -6.00. The molecule has 0 spiro atoms. The first-order valence-electron chi connectivity index (χ1n) is 8.04. The number of hydrogen-bond donors (Lipinski definition) is 2. The minimum absolute atomic E-state index is 0.438. The van der Waals surface area contributed by atoms with Crippen molar-refractivity contribution in [3.8, 4) is 11.3 Å². The van der Waals surface area contributed by atoms with E-state index in [1.165, 1.54) is 0 Å². The van der Waals surface area contributed by atoms with Crippen molar-refractivity contribution in [2.45, 2.75) is 13.0 Å². The first kappa shape index (κ1) is 21.0. The summed E-state index contributed by atoms with van der Waals surface area (Å²) < 4.78 is 45.0. The van der Waals surface area contributed by atoms with Crippen LogP contribution in [0.3, 0.4) is 0 Å². The summed E-state index contributed by atoms with van der Waals surface area (Å²) >= 11 is 6.09. The molecule has 0 bridgehead atoms. The zero-order valence-corrected chi connectivity index (χ0v) is 15.1. The van der Waals surface area contributed by atoms with Crippen molar-refractivity contribution in [2.24, 2.45) is 0 Å². The molecular weight excluding hydrogens is 384 g/mol. The second-order valence-corrected chi connectivity index (χ2v) is 6.19. The van der Waals surface area contributed by atoms with Gasteiger partial charge in [-0.3, -0.25) is 0 Å². The second kappa shape index (κ2) is 9.06. The van der Waals surface area contributed by atoms with Crippen molar-refractivity contribution in [1.29, 1.82) is 0 Å². The van der Waals surface area contributed by atoms with Gasteiger partial charge in [0.05, 0.1) is 11.5 Å². The molecule has 0 fully saturated rings. The maximum Gasteiger partial charge on any atom is 0.673 e. The van der Waals surface area contributed by atoms with E-state index in [0.29, 0.717) is 11.6 Å². The lowest BCUT2D eigenvalue weighted by Gasteiger charge is -2.03. The molecule has 27 heavy (non-hydrogen) atoms. The topological polar surface area (TPSA) is 47.3 Å². The van der Waals surface area contributed by atoms with Crippen LogP contribution < -0.4 is 10.3 Å². The van der Waals surface area contributed by atoms with Crippen LogP contribution in [0.4, 0.5) is 17.3 Å². The molecule has 0 amide bonds. The predicted molar refractivity (Wildman–Crippen MR) is 97.5 cm³/mol. The summed E-state index contributed by atoms with van der Waals surface area (Å²) in [5, 5.41) is 12.0. The van der Waals surface area contributed by atoms with Crippen LogP contribution in [-0.4, -0.2) is 25.0 Å². The summed E-state index contributed by atoms with van der Waals surface area (Å²) in [6, 6.07) is 17.4. The highest BCUT2D eigenvalue weighted by Gasteiger charge is 2.20. The Balaban J connectivity index is 0.000000465. The van der Waals surface area contributed by atoms with E-state index in [1.54, 1.807) is 13.0 Å². The van der Waals surface area contributed by atoms with E-state index in [0.717, 1.165) is 27.7 Å². The molecule has 144 valence electrons. The van der Waals surface area contributed by atoms with Gasteiger partial charge in [-0.15, -0.1) is 0 Å². The zero-order valence-electron chi connectivity index (χ0n) is 14.3. The van der Waals surface area contributed by atoms with Gasteiger partial charge in [0, 0.05) is 10.6 Å². The van der Waals surface area contributed by atoms with Crippen LogP contribution in [0.5, 0.6) is 0 Å². The van der Waals surface area contributed by atoms with Gasteiger partial charge >= 0.3 is 7.25 Å². The molecule has 0 aliphatic rings. The molecule has 2 N–H and O–H groups in total. The SMILES string of the molecule is CC(O)C[NH+]=c1cc(-c2ccccc2)oc2ccc(Cl)cc12.F[B-](F)(F)F. The average molecular weight is 402 g/mol. The standard InChI is InChI=1S/C18H16ClNO2.BF4/c1-12(21)11-20-16-10-18(13-5-3-2-4-6-13)22-17-8-7-14(19)9-15(16)17;2-1(3,4)5/h2-10,12,21H,11H2,1H3;/q;-1/p+1. The lowest BCUT2D eigenvalue weighted by molar-refractivity contribution is -0.508. The van der Waals surface area contributed by atoms with Crippen LogP contribution in [0, 0.1) is 0 Å². The lowest BCUT2D eigenvalue weighted by Crippen LogP contribution is -2.78. The summed E-state index contributed by atoms with van der Waals surface area (Å²) in [6.45, 7) is 2.20. The minimum atomic E-state index is -6.00. The van der Waals surface area contributed by atoms with Crippen molar-refractivity contribution in [3.63, 3.8) is 0 Å². The minimum Gasteiger partial charge on any atom is -0.456 e. The van der Waals surface area contributed by atoms with Gasteiger partial charge in [0.1, 0.15) is 17.4 Å². The van der Waals surface area contributed by atoms with Gasteiger partial charge < -0.3 is 26.8 Å². The van der Waals surface area contributed by atoms with E-state index < -0.39 is 13.4 Å². The highest BCUT2D eigenvalue weighted by molar-refractivity contribution is 6.50. The molecule has 0 aliphatic carbocycles. The van der Waals surface area contributed by atoms with E-state index in [2.05, 4.69) is 4.99 Å². The van der Waals surface area contributed by atoms with Gasteiger partial charge in [-0.2, -0.15) is 0 Å². The Bertz CT molecular complexity index is 953. The average Bonchev–Trinajstić information content (AvgIpc) is 2.59. The first-order valence-corrected chi connectivity index (χ1v) is 8.42. The molecule has 9 heteroatoms. The molecule has 2 aromatic carbocycles. The van der Waals surface area contributed by atoms with Crippen molar-refractivity contribution in [3.05, 3.63) is 65.0 Å². The lowest BCUT2D eigenvalue weighted by atomic mass is 10.1. The molecule has 1 unspecified atom stereocenters. The number of benzene rings is 2. The zero-order chi connectivity index (χ0) is 20.0. The Labute approximate surface area is 158 Å². The molecule has 3 aromatic rings. The van der Waals surface area contributed by atoms with Crippen LogP contribution in [0.2, 0.25) is 5.02 Å². The molecule has 3 rings (SSSR count). The van der Waals surface area contributed by atoms with Crippen molar-refractivity contribution in [1.82, 2.24) is 0 Å². The second-order valence-electron chi connectivity index (χ2n) is 5.76. The van der Waals surface area contributed by atoms with Gasteiger partial charge in [-0.05, 0) is 25.1 Å². The van der Waals surface area contributed by atoms with Gasteiger partial charge in [-0.25, -0.2) is 4.99 Å². The van der Waals surface area contributed by atoms with E-state index in [4.69, 9.17) is 16.0 Å². The summed E-state index contributed by atoms with van der Waals surface area (Å²) in [4.78, 5) is 3.26. The predicted octanol–water partition coefficient (Wildman–Crippen LogP) is 3.42. The quantitative estimate of drug-likeness (QED) is 0.522. The Morgan fingerprint density at radius 3 is 2.30 bits per heavy atom. The molecule has 0 radical (unpaired) electrons. The summed E-state index contributed by atoms with van der Waals surface area (Å²) in [5.74, 6) is 0.767. The Kier molecular flexibility index (Phi) is 7.04. The van der Waals surface area contributed by atoms with Crippen LogP contribution in [0.15, 0.2) is 59.0 Å². The maximum atomic E-state index is 9.75. The number of aliphatic hydroxyl groups is 1. The van der Waals surface area contributed by atoms with Crippen molar-refractivity contribution in [2.75, 3.05) is 6.54 Å². The third-order valence-corrected chi connectivity index (χ3v) is 3.61. The molecule has 1 atom stereocenters. The van der Waals surface area contributed by atoms with E-state index >= 15 is 0 Å². The summed E-state index contributed by atoms with van der Waals surface area (Å²) in [5.41, 5.74) is 1.75. The largest absolute Gasteiger partial charge is 0.673 e. The monoisotopic (exact) mass is 401 g/mol. The number of fused-ring (bicyclic) bond motifs is 1. The smallest absolute Gasteiger partial charge is 0.456 e. The van der Waals surface area contributed by atoms with E-state index in [-0.39, 0.29) is 0 Å². The third-order valence-electron chi connectivity index (χ3n) is 3.37. The Morgan fingerprint density at radius 1 is 1.07 bits per heavy atom. The van der Waals surface area contributed by atoms with Gasteiger partial charge in [-0.1, -0.05) is 41.9 Å². The number of hydrogen-bond acceptors (Lipinski definition) is 2. The molecule has 3 nitrogen and oxygen atoms in total. The Morgan fingerprint density at radius 2 is 1.70 bits per heavy atom. The van der Waals surface area contributed by atoms with Crippen LogP contribution >= 0.6 is 11.6 Å². The number of rotatable bonds is 3. The molecule has 0 aliphatic heterocycles. The van der Waals surface area contributed by atoms with Crippen LogP contribution in [0.25, 0.3) is 22.3 Å². The number of nitrogens with one attached hydrogen (secondary N) is 1. The number of aliphatic hydroxyl groups excluding tert-OH is 1. The van der Waals surface area contributed by atoms with Crippen LogP contribution in [0.1, 0.15) is 6.92 Å². The fourth-order valence-electron chi connectivity index (χ4n) is 2.31. The fourth-order valence-corrected chi connectivity index (χ4v) is 2.48. The van der Waals surface area contributed by atoms with Crippen LogP contribution in [-0.2, 0) is 0 Å². The fraction of sp³-hybridized carbons (Fsp3) is 0.167. The molecule has 1 aromatic heterocycles. The number of halogens is 5. The normalized spacial score (nSPS) is 13.2. The molecule has 0 saturated heterocycles. The highest BCUT2D eigenvalue weighted by Crippen LogP contribution is 2.23. The highest BCUT2D eigenvalue weighted by atomic mass is 35.5. The van der Waals surface area contributed by atoms with Gasteiger partial charge in [0.15, 0.2) is 6.54 Å². The molecule has 1 heterocycles. The third kappa shape index (κ3) is 7.07. The molecule has 0 saturated carbocycles. The van der Waals surface area contributed by atoms with E-state index in [9.17, 15) is 22.4 Å². The van der Waals surface area contributed by atoms with Crippen molar-refractivity contribution >= 4 is 29.8 Å². The maximum absolute atomic E-state index is 9.75. The van der Waals surface area contributed by atoms with Crippen molar-refractivity contribution < 1.29 is 31.8 Å². The van der Waals surface area contributed by atoms with Gasteiger partial charge in [0.2, 0.25) is 5.36 Å². The Hall–Kier alpha value is -2.32. The summed E-state index contributed by atoms with van der Waals surface area (Å²) in [6.07, 6.45) is -0.438.